The van der Waals surface area contributed by atoms with Crippen molar-refractivity contribution in [1.82, 2.24) is 0 Å². The predicted octanol–water partition coefficient (Wildman–Crippen LogP) is 18.5. The second kappa shape index (κ2) is 52.8. The molecule has 0 N–H and O–H groups in total. The number of esters is 3. The van der Waals surface area contributed by atoms with Gasteiger partial charge in [-0.15, -0.1) is 0 Å². The molecular formula is C57H108O6. The number of allylic oxidation sites excluding steroid dienone is 2. The van der Waals surface area contributed by atoms with Crippen molar-refractivity contribution in [1.29, 1.82) is 0 Å². The number of hydrogen-bond donors (Lipinski definition) is 0. The van der Waals surface area contributed by atoms with Gasteiger partial charge in [0.25, 0.3) is 0 Å². The summed E-state index contributed by atoms with van der Waals surface area (Å²) < 4.78 is 16.8. The normalized spacial score (nSPS) is 12.0. The summed E-state index contributed by atoms with van der Waals surface area (Å²) in [6.45, 7) is 6.66. The highest BCUT2D eigenvalue weighted by molar-refractivity contribution is 5.71. The smallest absolute Gasteiger partial charge is 0.306 e. The Kier molecular flexibility index (Phi) is 51.2. The van der Waals surface area contributed by atoms with Crippen molar-refractivity contribution in [2.75, 3.05) is 13.2 Å². The number of rotatable bonds is 52. The number of ether oxygens (including phenoxy) is 3. The third kappa shape index (κ3) is 51.0. The van der Waals surface area contributed by atoms with E-state index < -0.39 is 6.10 Å². The third-order valence-corrected chi connectivity index (χ3v) is 12.8. The summed E-state index contributed by atoms with van der Waals surface area (Å²) in [6.07, 6.45) is 59.3. The summed E-state index contributed by atoms with van der Waals surface area (Å²) in [5.41, 5.74) is 0. The van der Waals surface area contributed by atoms with Crippen molar-refractivity contribution in [3.63, 3.8) is 0 Å². The molecule has 0 bridgehead atoms. The van der Waals surface area contributed by atoms with Crippen LogP contribution in [0.25, 0.3) is 0 Å². The molecule has 0 heterocycles. The van der Waals surface area contributed by atoms with Crippen LogP contribution in [0.3, 0.4) is 0 Å². The van der Waals surface area contributed by atoms with Gasteiger partial charge in [0, 0.05) is 19.3 Å². The average Bonchev–Trinajstić information content (AvgIpc) is 3.28. The molecule has 0 aromatic rings. The molecule has 0 aliphatic rings. The van der Waals surface area contributed by atoms with Crippen LogP contribution in [0.4, 0.5) is 0 Å². The Bertz CT molecular complexity index is 978. The second-order valence-electron chi connectivity index (χ2n) is 19.2. The maximum atomic E-state index is 12.8. The molecule has 0 spiro atoms. The van der Waals surface area contributed by atoms with Gasteiger partial charge in [-0.2, -0.15) is 0 Å². The maximum absolute atomic E-state index is 12.8. The molecule has 0 saturated carbocycles. The highest BCUT2D eigenvalue weighted by Crippen LogP contribution is 2.17. The van der Waals surface area contributed by atoms with E-state index in [1.54, 1.807) is 0 Å². The predicted molar refractivity (Wildman–Crippen MR) is 270 cm³/mol. The van der Waals surface area contributed by atoms with E-state index in [1.807, 2.05) is 0 Å². The van der Waals surface area contributed by atoms with Crippen LogP contribution >= 0.6 is 0 Å². The van der Waals surface area contributed by atoms with Gasteiger partial charge in [-0.25, -0.2) is 0 Å². The molecule has 0 fully saturated rings. The Morgan fingerprint density at radius 2 is 0.524 bits per heavy atom. The van der Waals surface area contributed by atoms with Gasteiger partial charge in [0.05, 0.1) is 0 Å². The SMILES string of the molecule is CCCCCCCCCC/C=C\CCCCCCCCCCCCCC(=O)OCC(COC(=O)CCCCCCCCCCC)OC(=O)CCCCCCCCCCCCCCC. The van der Waals surface area contributed by atoms with E-state index >= 15 is 0 Å². The Labute approximate surface area is 392 Å². The zero-order chi connectivity index (χ0) is 45.8. The van der Waals surface area contributed by atoms with Crippen molar-refractivity contribution < 1.29 is 28.6 Å². The molecule has 0 aromatic heterocycles. The van der Waals surface area contributed by atoms with Crippen LogP contribution in [0.1, 0.15) is 316 Å². The molecule has 0 amide bonds. The standard InChI is InChI=1S/C57H108O6/c1-4-7-10-13-16-19-21-23-24-25-26-27-28-29-30-31-32-34-35-38-41-44-47-50-56(59)62-53-54(52-61-55(58)49-46-43-40-37-18-15-12-9-6-3)63-57(60)51-48-45-42-39-36-33-22-20-17-14-11-8-5-2/h25-26,54H,4-24,27-53H2,1-3H3/b26-25-. The minimum atomic E-state index is -0.762. The highest BCUT2D eigenvalue weighted by atomic mass is 16.6. The van der Waals surface area contributed by atoms with Crippen molar-refractivity contribution in [3.8, 4) is 0 Å². The fraction of sp³-hybridized carbons (Fsp3) is 0.912. The van der Waals surface area contributed by atoms with Crippen molar-refractivity contribution in [2.45, 2.75) is 322 Å². The zero-order valence-corrected chi connectivity index (χ0v) is 42.6. The molecule has 6 nitrogen and oxygen atoms in total. The molecule has 372 valence electrons. The molecule has 0 aliphatic carbocycles. The van der Waals surface area contributed by atoms with Gasteiger partial charge in [0.15, 0.2) is 6.10 Å². The van der Waals surface area contributed by atoms with Crippen molar-refractivity contribution >= 4 is 17.9 Å². The fourth-order valence-corrected chi connectivity index (χ4v) is 8.50. The molecular weight excluding hydrogens is 781 g/mol. The van der Waals surface area contributed by atoms with Crippen LogP contribution in [-0.2, 0) is 28.6 Å². The molecule has 0 aliphatic heterocycles. The van der Waals surface area contributed by atoms with Crippen LogP contribution in [-0.4, -0.2) is 37.2 Å². The molecule has 1 atom stereocenters. The summed E-state index contributed by atoms with van der Waals surface area (Å²) in [5, 5.41) is 0. The summed E-state index contributed by atoms with van der Waals surface area (Å²) in [5.74, 6) is -0.849. The number of carbonyl (C=O) groups excluding carboxylic acids is 3. The van der Waals surface area contributed by atoms with Gasteiger partial charge in [0.2, 0.25) is 0 Å². The molecule has 0 radical (unpaired) electrons. The Morgan fingerprint density at radius 1 is 0.302 bits per heavy atom. The van der Waals surface area contributed by atoms with Gasteiger partial charge in [-0.05, 0) is 44.9 Å². The van der Waals surface area contributed by atoms with E-state index in [1.165, 1.54) is 218 Å². The van der Waals surface area contributed by atoms with Crippen LogP contribution < -0.4 is 0 Å². The molecule has 0 rings (SSSR count). The van der Waals surface area contributed by atoms with Crippen LogP contribution in [0.2, 0.25) is 0 Å². The van der Waals surface area contributed by atoms with E-state index in [-0.39, 0.29) is 31.1 Å². The molecule has 1 unspecified atom stereocenters. The van der Waals surface area contributed by atoms with Crippen LogP contribution in [0.15, 0.2) is 12.2 Å². The number of unbranched alkanes of at least 4 members (excludes halogenated alkanes) is 39. The third-order valence-electron chi connectivity index (χ3n) is 12.8. The first-order valence-corrected chi connectivity index (χ1v) is 28.2. The van der Waals surface area contributed by atoms with Gasteiger partial charge in [-0.3, -0.25) is 14.4 Å². The topological polar surface area (TPSA) is 78.9 Å². The lowest BCUT2D eigenvalue weighted by atomic mass is 10.0. The highest BCUT2D eigenvalue weighted by Gasteiger charge is 2.19. The summed E-state index contributed by atoms with van der Waals surface area (Å²) >= 11 is 0. The minimum Gasteiger partial charge on any atom is -0.462 e. The Hall–Kier alpha value is -1.85. The minimum absolute atomic E-state index is 0.0648. The fourth-order valence-electron chi connectivity index (χ4n) is 8.50. The Balaban J connectivity index is 4.16. The van der Waals surface area contributed by atoms with E-state index in [9.17, 15) is 14.4 Å². The first-order chi connectivity index (χ1) is 31.0. The summed E-state index contributed by atoms with van der Waals surface area (Å²) in [6, 6.07) is 0. The van der Waals surface area contributed by atoms with Crippen LogP contribution in [0, 0.1) is 0 Å². The molecule has 0 saturated heterocycles. The summed E-state index contributed by atoms with van der Waals surface area (Å²) in [7, 11) is 0. The van der Waals surface area contributed by atoms with E-state index in [2.05, 4.69) is 32.9 Å². The molecule has 0 aromatic carbocycles. The van der Waals surface area contributed by atoms with E-state index in [0.29, 0.717) is 19.3 Å². The monoisotopic (exact) mass is 889 g/mol. The lowest BCUT2D eigenvalue weighted by Crippen LogP contribution is -2.30. The zero-order valence-electron chi connectivity index (χ0n) is 42.6. The van der Waals surface area contributed by atoms with Crippen molar-refractivity contribution in [3.05, 3.63) is 12.2 Å². The first kappa shape index (κ1) is 61.1. The first-order valence-electron chi connectivity index (χ1n) is 28.2. The Morgan fingerprint density at radius 3 is 0.794 bits per heavy atom. The number of hydrogen-bond acceptors (Lipinski definition) is 6. The van der Waals surface area contributed by atoms with Gasteiger partial charge in [-0.1, -0.05) is 264 Å². The van der Waals surface area contributed by atoms with E-state index in [4.69, 9.17) is 14.2 Å². The van der Waals surface area contributed by atoms with E-state index in [0.717, 1.165) is 57.8 Å². The van der Waals surface area contributed by atoms with Crippen molar-refractivity contribution in [2.24, 2.45) is 0 Å². The quantitative estimate of drug-likeness (QED) is 0.0262. The molecule has 63 heavy (non-hydrogen) atoms. The largest absolute Gasteiger partial charge is 0.462 e. The molecule has 6 heteroatoms. The van der Waals surface area contributed by atoms with Gasteiger partial charge in [0.1, 0.15) is 13.2 Å². The lowest BCUT2D eigenvalue weighted by molar-refractivity contribution is -0.167. The van der Waals surface area contributed by atoms with Gasteiger partial charge < -0.3 is 14.2 Å². The van der Waals surface area contributed by atoms with Crippen LogP contribution in [0.5, 0.6) is 0 Å². The maximum Gasteiger partial charge on any atom is 0.306 e. The van der Waals surface area contributed by atoms with Gasteiger partial charge >= 0.3 is 17.9 Å². The lowest BCUT2D eigenvalue weighted by Gasteiger charge is -2.18. The number of carbonyl (C=O) groups is 3. The average molecular weight is 889 g/mol. The summed E-state index contributed by atoms with van der Waals surface area (Å²) in [4.78, 5) is 37.9. The second-order valence-corrected chi connectivity index (χ2v) is 19.2.